The molecule has 3 nitrogen and oxygen atoms in total. The van der Waals surface area contributed by atoms with Crippen LogP contribution in [0.4, 0.5) is 0 Å². The molecule has 1 aliphatic rings. The van der Waals surface area contributed by atoms with Gasteiger partial charge in [-0.3, -0.25) is 0 Å². The number of thiocarbonyl (C=S) groups is 1. The molecule has 2 rings (SSSR count). The molecule has 0 bridgehead atoms. The molecular weight excluding hydrogens is 194 g/mol. The highest BCUT2D eigenvalue weighted by molar-refractivity contribution is 7.80. The Labute approximate surface area is 88.4 Å². The Kier molecular flexibility index (Phi) is 2.74. The van der Waals surface area contributed by atoms with Crippen LogP contribution in [0.25, 0.3) is 0 Å². The lowest BCUT2D eigenvalue weighted by atomic mass is 10.2. The summed E-state index contributed by atoms with van der Waals surface area (Å²) in [7, 11) is 0. The van der Waals surface area contributed by atoms with Crippen LogP contribution in [0.5, 0.6) is 0 Å². The summed E-state index contributed by atoms with van der Waals surface area (Å²) in [6.07, 6.45) is 1.82. The van der Waals surface area contributed by atoms with Gasteiger partial charge in [-0.2, -0.15) is 5.10 Å². The number of nitrogens with one attached hydrogen (secondary N) is 1. The van der Waals surface area contributed by atoms with Crippen molar-refractivity contribution in [2.45, 2.75) is 0 Å². The van der Waals surface area contributed by atoms with Gasteiger partial charge < -0.3 is 5.32 Å². The minimum atomic E-state index is 0.706. The highest BCUT2D eigenvalue weighted by Crippen LogP contribution is 1.99. The van der Waals surface area contributed by atoms with E-state index in [0.717, 1.165) is 18.7 Å². The third kappa shape index (κ3) is 2.09. The second-order valence-corrected chi connectivity index (χ2v) is 3.40. The van der Waals surface area contributed by atoms with E-state index in [1.165, 1.54) is 0 Å². The van der Waals surface area contributed by atoms with Crippen molar-refractivity contribution in [3.05, 3.63) is 35.9 Å². The molecule has 72 valence electrons. The normalized spacial score (nSPS) is 16.3. The first-order valence-electron chi connectivity index (χ1n) is 4.51. The summed E-state index contributed by atoms with van der Waals surface area (Å²) in [6, 6.07) is 9.98. The molecule has 0 radical (unpaired) electrons. The standard InChI is InChI=1S/C10H11N3S/c14-10-11-6-7-13(10)12-8-9-4-2-1-3-5-9/h1-5,8H,6-7H2,(H,11,14)/b12-8+. The lowest BCUT2D eigenvalue weighted by Crippen LogP contribution is -2.22. The van der Waals surface area contributed by atoms with Gasteiger partial charge in [0.15, 0.2) is 5.11 Å². The van der Waals surface area contributed by atoms with Gasteiger partial charge in [0, 0.05) is 6.54 Å². The summed E-state index contributed by atoms with van der Waals surface area (Å²) in [6.45, 7) is 1.73. The fraction of sp³-hybridized carbons (Fsp3) is 0.200. The van der Waals surface area contributed by atoms with E-state index in [1.54, 1.807) is 5.01 Å². The van der Waals surface area contributed by atoms with Crippen molar-refractivity contribution >= 4 is 23.5 Å². The third-order valence-electron chi connectivity index (χ3n) is 1.98. The number of benzene rings is 1. The lowest BCUT2D eigenvalue weighted by molar-refractivity contribution is 0.505. The molecule has 0 unspecified atom stereocenters. The average molecular weight is 205 g/mol. The van der Waals surface area contributed by atoms with Crippen molar-refractivity contribution in [1.29, 1.82) is 0 Å². The second-order valence-electron chi connectivity index (χ2n) is 3.01. The van der Waals surface area contributed by atoms with Gasteiger partial charge in [-0.05, 0) is 17.8 Å². The highest BCUT2D eigenvalue weighted by Gasteiger charge is 2.13. The van der Waals surface area contributed by atoms with Crippen LogP contribution in [-0.2, 0) is 0 Å². The predicted octanol–water partition coefficient (Wildman–Crippen LogP) is 1.21. The van der Waals surface area contributed by atoms with E-state index in [1.807, 2.05) is 36.5 Å². The monoisotopic (exact) mass is 205 g/mol. The third-order valence-corrected chi connectivity index (χ3v) is 2.34. The molecule has 0 amide bonds. The zero-order valence-electron chi connectivity index (χ0n) is 7.68. The fourth-order valence-electron chi connectivity index (χ4n) is 1.25. The van der Waals surface area contributed by atoms with Crippen molar-refractivity contribution in [1.82, 2.24) is 10.3 Å². The minimum absolute atomic E-state index is 0.706. The maximum Gasteiger partial charge on any atom is 0.189 e. The number of nitrogens with zero attached hydrogens (tertiary/aromatic N) is 2. The average Bonchev–Trinajstić information content (AvgIpc) is 2.63. The summed E-state index contributed by atoms with van der Waals surface area (Å²) in [5.41, 5.74) is 1.09. The zero-order valence-corrected chi connectivity index (χ0v) is 8.50. The Morgan fingerprint density at radius 1 is 1.36 bits per heavy atom. The Morgan fingerprint density at radius 2 is 2.14 bits per heavy atom. The molecule has 0 saturated carbocycles. The van der Waals surface area contributed by atoms with E-state index in [0.29, 0.717) is 5.11 Å². The van der Waals surface area contributed by atoms with Crippen LogP contribution in [0.2, 0.25) is 0 Å². The molecule has 14 heavy (non-hydrogen) atoms. The molecule has 4 heteroatoms. The maximum absolute atomic E-state index is 5.06. The van der Waals surface area contributed by atoms with E-state index in [2.05, 4.69) is 10.4 Å². The minimum Gasteiger partial charge on any atom is -0.359 e. The first-order valence-corrected chi connectivity index (χ1v) is 4.91. The van der Waals surface area contributed by atoms with Gasteiger partial charge >= 0.3 is 0 Å². The fourth-order valence-corrected chi connectivity index (χ4v) is 1.49. The van der Waals surface area contributed by atoms with Gasteiger partial charge in [-0.15, -0.1) is 0 Å². The molecule has 1 saturated heterocycles. The van der Waals surface area contributed by atoms with Crippen molar-refractivity contribution in [3.63, 3.8) is 0 Å². The van der Waals surface area contributed by atoms with Crippen LogP contribution in [-0.4, -0.2) is 29.4 Å². The molecule has 1 aromatic rings. The van der Waals surface area contributed by atoms with Crippen LogP contribution in [0.1, 0.15) is 5.56 Å². The van der Waals surface area contributed by atoms with Gasteiger partial charge in [-0.25, -0.2) is 5.01 Å². The molecule has 0 spiro atoms. The van der Waals surface area contributed by atoms with E-state index in [4.69, 9.17) is 12.2 Å². The number of hydrogen-bond acceptors (Lipinski definition) is 2. The van der Waals surface area contributed by atoms with Crippen molar-refractivity contribution < 1.29 is 0 Å². The van der Waals surface area contributed by atoms with Gasteiger partial charge in [0.25, 0.3) is 0 Å². The first kappa shape index (κ1) is 9.15. The summed E-state index contributed by atoms with van der Waals surface area (Å²) in [5, 5.41) is 9.83. The smallest absolute Gasteiger partial charge is 0.189 e. The van der Waals surface area contributed by atoms with E-state index in [9.17, 15) is 0 Å². The lowest BCUT2D eigenvalue weighted by Gasteiger charge is -2.07. The Hall–Kier alpha value is -1.42. The summed E-state index contributed by atoms with van der Waals surface area (Å²) >= 11 is 5.06. The molecule has 1 aliphatic heterocycles. The largest absolute Gasteiger partial charge is 0.359 e. The highest BCUT2D eigenvalue weighted by atomic mass is 32.1. The number of hydrazone groups is 1. The van der Waals surface area contributed by atoms with Crippen LogP contribution < -0.4 is 5.32 Å². The Bertz CT molecular complexity index is 348. The molecule has 1 N–H and O–H groups in total. The quantitative estimate of drug-likeness (QED) is 0.581. The summed E-state index contributed by atoms with van der Waals surface area (Å²) in [5.74, 6) is 0. The Morgan fingerprint density at radius 3 is 2.79 bits per heavy atom. The van der Waals surface area contributed by atoms with Gasteiger partial charge in [-0.1, -0.05) is 30.3 Å². The molecular formula is C10H11N3S. The molecule has 1 heterocycles. The van der Waals surface area contributed by atoms with E-state index >= 15 is 0 Å². The zero-order chi connectivity index (χ0) is 9.80. The van der Waals surface area contributed by atoms with Gasteiger partial charge in [0.2, 0.25) is 0 Å². The summed E-state index contributed by atoms with van der Waals surface area (Å²) < 4.78 is 0. The molecule has 0 aliphatic carbocycles. The number of rotatable bonds is 2. The van der Waals surface area contributed by atoms with Crippen molar-refractivity contribution in [3.8, 4) is 0 Å². The molecule has 1 fully saturated rings. The summed E-state index contributed by atoms with van der Waals surface area (Å²) in [4.78, 5) is 0. The second kappa shape index (κ2) is 4.19. The van der Waals surface area contributed by atoms with Crippen LogP contribution in [0.15, 0.2) is 35.4 Å². The van der Waals surface area contributed by atoms with Crippen LogP contribution >= 0.6 is 12.2 Å². The van der Waals surface area contributed by atoms with Crippen molar-refractivity contribution in [2.24, 2.45) is 5.10 Å². The number of hydrogen-bond donors (Lipinski definition) is 1. The molecule has 0 atom stereocenters. The SMILES string of the molecule is S=C1NCCN1/N=C/c1ccccc1. The van der Waals surface area contributed by atoms with Crippen molar-refractivity contribution in [2.75, 3.05) is 13.1 Å². The maximum atomic E-state index is 5.06. The van der Waals surface area contributed by atoms with Crippen LogP contribution in [0.3, 0.4) is 0 Å². The molecule has 1 aromatic carbocycles. The van der Waals surface area contributed by atoms with Gasteiger partial charge in [0.05, 0.1) is 12.8 Å². The predicted molar refractivity (Wildman–Crippen MR) is 61.3 cm³/mol. The molecule has 0 aromatic heterocycles. The van der Waals surface area contributed by atoms with E-state index in [-0.39, 0.29) is 0 Å². The van der Waals surface area contributed by atoms with Gasteiger partial charge in [0.1, 0.15) is 0 Å². The van der Waals surface area contributed by atoms with Crippen LogP contribution in [0, 0.1) is 0 Å². The Balaban J connectivity index is 2.03. The van der Waals surface area contributed by atoms with E-state index < -0.39 is 0 Å². The topological polar surface area (TPSA) is 27.6 Å². The first-order chi connectivity index (χ1) is 6.86.